The van der Waals surface area contributed by atoms with Gasteiger partial charge in [0.05, 0.1) is 12.7 Å². The second kappa shape index (κ2) is 8.58. The van der Waals surface area contributed by atoms with Gasteiger partial charge in [0, 0.05) is 39.6 Å². The number of aromatic nitrogens is 2. The zero-order valence-electron chi connectivity index (χ0n) is 11.6. The lowest BCUT2D eigenvalue weighted by Gasteiger charge is -2.06. The molecule has 1 aliphatic rings. The predicted octanol–water partition coefficient (Wildman–Crippen LogP) is 1.43. The molecule has 0 saturated carbocycles. The minimum absolute atomic E-state index is 0.447. The van der Waals surface area contributed by atoms with Gasteiger partial charge in [0.25, 0.3) is 0 Å². The second-order valence-electron chi connectivity index (χ2n) is 4.76. The first kappa shape index (κ1) is 14.8. The summed E-state index contributed by atoms with van der Waals surface area (Å²) in [7, 11) is 1.72. The van der Waals surface area contributed by atoms with Gasteiger partial charge in [-0.05, 0) is 19.3 Å². The quantitative estimate of drug-likeness (QED) is 0.696. The lowest BCUT2D eigenvalue weighted by Crippen LogP contribution is -2.21. The summed E-state index contributed by atoms with van der Waals surface area (Å²) < 4.78 is 10.6. The van der Waals surface area contributed by atoms with E-state index in [0.29, 0.717) is 6.10 Å². The molecule has 1 atom stereocenters. The molecule has 1 fully saturated rings. The third-order valence-corrected chi connectivity index (χ3v) is 4.25. The van der Waals surface area contributed by atoms with E-state index in [1.807, 2.05) is 0 Å². The van der Waals surface area contributed by atoms with Crippen molar-refractivity contribution in [2.75, 3.05) is 33.4 Å². The van der Waals surface area contributed by atoms with Crippen molar-refractivity contribution < 1.29 is 9.47 Å². The van der Waals surface area contributed by atoms with Crippen molar-refractivity contribution in [1.82, 2.24) is 15.5 Å². The minimum atomic E-state index is 0.447. The first-order valence-corrected chi connectivity index (χ1v) is 7.82. The number of methoxy groups -OCH3 is 1. The van der Waals surface area contributed by atoms with Crippen LogP contribution >= 0.6 is 11.3 Å². The number of nitrogens with one attached hydrogen (secondary N) is 1. The molecule has 1 aliphatic heterocycles. The van der Waals surface area contributed by atoms with E-state index in [1.54, 1.807) is 18.4 Å². The van der Waals surface area contributed by atoms with Crippen LogP contribution in [0.2, 0.25) is 0 Å². The molecule has 2 rings (SSSR count). The lowest BCUT2D eigenvalue weighted by molar-refractivity contribution is 0.104. The van der Waals surface area contributed by atoms with E-state index in [0.717, 1.165) is 55.6 Å². The van der Waals surface area contributed by atoms with Crippen molar-refractivity contribution in [2.45, 2.75) is 38.2 Å². The van der Waals surface area contributed by atoms with Gasteiger partial charge in [-0.2, -0.15) is 0 Å². The maximum atomic E-state index is 5.62. The van der Waals surface area contributed by atoms with E-state index < -0.39 is 0 Å². The van der Waals surface area contributed by atoms with Gasteiger partial charge >= 0.3 is 0 Å². The van der Waals surface area contributed by atoms with Crippen LogP contribution in [0.1, 0.15) is 29.3 Å². The number of rotatable bonds is 9. The molecular formula is C13H23N3O2S. The summed E-state index contributed by atoms with van der Waals surface area (Å²) in [5.74, 6) is 0. The Bertz CT molecular complexity index is 353. The fourth-order valence-corrected chi connectivity index (χ4v) is 3.00. The molecule has 5 nitrogen and oxygen atoms in total. The van der Waals surface area contributed by atoms with E-state index >= 15 is 0 Å². The Morgan fingerprint density at radius 1 is 1.32 bits per heavy atom. The summed E-state index contributed by atoms with van der Waals surface area (Å²) in [6.07, 6.45) is 5.89. The highest BCUT2D eigenvalue weighted by Gasteiger charge is 2.16. The highest BCUT2D eigenvalue weighted by molar-refractivity contribution is 7.11. The molecule has 1 aromatic rings. The number of ether oxygens (including phenoxy) is 2. The molecule has 1 N–H and O–H groups in total. The molecule has 0 aromatic carbocycles. The van der Waals surface area contributed by atoms with Crippen LogP contribution in [0.4, 0.5) is 0 Å². The smallest absolute Gasteiger partial charge is 0.118 e. The van der Waals surface area contributed by atoms with Crippen LogP contribution in [0.25, 0.3) is 0 Å². The molecule has 0 radical (unpaired) electrons. The van der Waals surface area contributed by atoms with Gasteiger partial charge in [-0.25, -0.2) is 0 Å². The Balaban J connectivity index is 1.61. The van der Waals surface area contributed by atoms with E-state index in [9.17, 15) is 0 Å². The third kappa shape index (κ3) is 5.52. The van der Waals surface area contributed by atoms with Gasteiger partial charge in [-0.3, -0.25) is 0 Å². The highest BCUT2D eigenvalue weighted by atomic mass is 32.1. The Morgan fingerprint density at radius 3 is 2.89 bits per heavy atom. The predicted molar refractivity (Wildman–Crippen MR) is 75.7 cm³/mol. The van der Waals surface area contributed by atoms with Crippen LogP contribution in [-0.2, 0) is 22.3 Å². The van der Waals surface area contributed by atoms with Crippen LogP contribution in [0.15, 0.2) is 0 Å². The molecule has 2 heterocycles. The Kier molecular flexibility index (Phi) is 6.70. The Morgan fingerprint density at radius 2 is 2.16 bits per heavy atom. The molecular weight excluding hydrogens is 262 g/mol. The van der Waals surface area contributed by atoms with Crippen LogP contribution < -0.4 is 5.32 Å². The minimum Gasteiger partial charge on any atom is -0.383 e. The van der Waals surface area contributed by atoms with Crippen LogP contribution in [0, 0.1) is 0 Å². The van der Waals surface area contributed by atoms with E-state index in [1.165, 1.54) is 12.8 Å². The molecule has 6 heteroatoms. The molecule has 0 spiro atoms. The summed E-state index contributed by atoms with van der Waals surface area (Å²) in [5.41, 5.74) is 0. The van der Waals surface area contributed by atoms with Gasteiger partial charge < -0.3 is 14.8 Å². The van der Waals surface area contributed by atoms with Crippen molar-refractivity contribution in [3.8, 4) is 0 Å². The van der Waals surface area contributed by atoms with Crippen LogP contribution in [-0.4, -0.2) is 49.7 Å². The maximum Gasteiger partial charge on any atom is 0.118 e. The number of nitrogens with zero attached hydrogens (tertiary/aromatic N) is 2. The summed E-state index contributed by atoms with van der Waals surface area (Å²) in [4.78, 5) is 0. The van der Waals surface area contributed by atoms with Crippen molar-refractivity contribution in [1.29, 1.82) is 0 Å². The Hall–Kier alpha value is -0.560. The fraction of sp³-hybridized carbons (Fsp3) is 0.846. The maximum absolute atomic E-state index is 5.62. The SMILES string of the molecule is COCCNCCc1nnc(CCC2CCCO2)s1. The van der Waals surface area contributed by atoms with Gasteiger partial charge in [-0.1, -0.05) is 0 Å². The molecule has 19 heavy (non-hydrogen) atoms. The molecule has 1 unspecified atom stereocenters. The monoisotopic (exact) mass is 285 g/mol. The first-order valence-electron chi connectivity index (χ1n) is 7.01. The molecule has 0 aliphatic carbocycles. The van der Waals surface area contributed by atoms with Crippen molar-refractivity contribution >= 4 is 11.3 Å². The highest BCUT2D eigenvalue weighted by Crippen LogP contribution is 2.19. The average molecular weight is 285 g/mol. The zero-order chi connectivity index (χ0) is 13.3. The summed E-state index contributed by atoms with van der Waals surface area (Å²) >= 11 is 1.73. The molecule has 0 amide bonds. The molecule has 0 bridgehead atoms. The van der Waals surface area contributed by atoms with Crippen molar-refractivity contribution in [3.63, 3.8) is 0 Å². The summed E-state index contributed by atoms with van der Waals surface area (Å²) in [6, 6.07) is 0. The largest absolute Gasteiger partial charge is 0.383 e. The molecule has 1 aromatic heterocycles. The van der Waals surface area contributed by atoms with Crippen LogP contribution in [0.5, 0.6) is 0 Å². The van der Waals surface area contributed by atoms with Gasteiger partial charge in [0.2, 0.25) is 0 Å². The van der Waals surface area contributed by atoms with E-state index in [4.69, 9.17) is 9.47 Å². The standard InChI is InChI=1S/C13H23N3O2S/c1-17-10-8-14-7-6-13-16-15-12(19-13)5-4-11-3-2-9-18-11/h11,14H,2-10H2,1H3. The topological polar surface area (TPSA) is 56.3 Å². The van der Waals surface area contributed by atoms with E-state index in [-0.39, 0.29) is 0 Å². The second-order valence-corrected chi connectivity index (χ2v) is 5.90. The average Bonchev–Trinajstić information content (AvgIpc) is 3.07. The molecule has 1 saturated heterocycles. The van der Waals surface area contributed by atoms with Gasteiger partial charge in [0.1, 0.15) is 10.0 Å². The zero-order valence-corrected chi connectivity index (χ0v) is 12.4. The first-order chi connectivity index (χ1) is 9.38. The third-order valence-electron chi connectivity index (χ3n) is 3.21. The lowest BCUT2D eigenvalue weighted by atomic mass is 10.1. The van der Waals surface area contributed by atoms with Crippen LogP contribution in [0.3, 0.4) is 0 Å². The normalized spacial score (nSPS) is 19.1. The summed E-state index contributed by atoms with van der Waals surface area (Å²) in [6.45, 7) is 3.51. The fourth-order valence-electron chi connectivity index (χ4n) is 2.14. The van der Waals surface area contributed by atoms with Gasteiger partial charge in [-0.15, -0.1) is 21.5 Å². The van der Waals surface area contributed by atoms with Crippen molar-refractivity contribution in [3.05, 3.63) is 10.0 Å². The number of hydrogen-bond acceptors (Lipinski definition) is 6. The number of hydrogen-bond donors (Lipinski definition) is 1. The van der Waals surface area contributed by atoms with Gasteiger partial charge in [0.15, 0.2) is 0 Å². The van der Waals surface area contributed by atoms with Crippen molar-refractivity contribution in [2.24, 2.45) is 0 Å². The number of aryl methyl sites for hydroxylation is 1. The summed E-state index contributed by atoms with van der Waals surface area (Å²) in [5, 5.41) is 14.1. The van der Waals surface area contributed by atoms with E-state index in [2.05, 4.69) is 15.5 Å². The molecule has 108 valence electrons. The Labute approximate surface area is 118 Å².